The maximum Gasteiger partial charge on any atom is 0.251 e. The van der Waals surface area contributed by atoms with Crippen LogP contribution in [0.4, 0.5) is 8.78 Å². The summed E-state index contributed by atoms with van der Waals surface area (Å²) in [5.74, 6) is 0.0879. The van der Waals surface area contributed by atoms with Crippen molar-refractivity contribution in [2.45, 2.75) is 31.7 Å². The monoisotopic (exact) mass is 207 g/mol. The Balaban J connectivity index is 2.28. The number of hydrogen-bond acceptors (Lipinski definition) is 3. The SMILES string of the molecule is NC(CCN(CC(F)F)C1CC1)=NO. The van der Waals surface area contributed by atoms with Gasteiger partial charge in [-0.15, -0.1) is 0 Å². The number of rotatable bonds is 6. The van der Waals surface area contributed by atoms with Crippen LogP contribution in [0.2, 0.25) is 0 Å². The minimum Gasteiger partial charge on any atom is -0.409 e. The molecule has 0 aliphatic heterocycles. The Labute approximate surface area is 81.4 Å². The van der Waals surface area contributed by atoms with Crippen LogP contribution in [0.3, 0.4) is 0 Å². The summed E-state index contributed by atoms with van der Waals surface area (Å²) in [5.41, 5.74) is 5.26. The van der Waals surface area contributed by atoms with Gasteiger partial charge >= 0.3 is 0 Å². The van der Waals surface area contributed by atoms with Gasteiger partial charge in [0.05, 0.1) is 6.54 Å². The lowest BCUT2D eigenvalue weighted by atomic mass is 10.3. The van der Waals surface area contributed by atoms with E-state index in [4.69, 9.17) is 10.9 Å². The molecule has 0 radical (unpaired) electrons. The van der Waals surface area contributed by atoms with Gasteiger partial charge in [-0.05, 0) is 12.8 Å². The number of nitrogens with zero attached hydrogens (tertiary/aromatic N) is 2. The van der Waals surface area contributed by atoms with E-state index in [9.17, 15) is 8.78 Å². The molecule has 6 heteroatoms. The van der Waals surface area contributed by atoms with Gasteiger partial charge in [0.1, 0.15) is 5.84 Å². The third-order valence-electron chi connectivity index (χ3n) is 2.22. The number of oxime groups is 1. The van der Waals surface area contributed by atoms with E-state index in [1.165, 1.54) is 0 Å². The zero-order valence-electron chi connectivity index (χ0n) is 7.87. The molecule has 0 aromatic rings. The van der Waals surface area contributed by atoms with Crippen LogP contribution in [-0.4, -0.2) is 41.5 Å². The molecule has 1 aliphatic carbocycles. The second-order valence-corrected chi connectivity index (χ2v) is 3.46. The molecule has 1 saturated carbocycles. The molecule has 14 heavy (non-hydrogen) atoms. The molecule has 82 valence electrons. The van der Waals surface area contributed by atoms with Crippen LogP contribution in [0.5, 0.6) is 0 Å². The van der Waals surface area contributed by atoms with Gasteiger partial charge in [0, 0.05) is 19.0 Å². The van der Waals surface area contributed by atoms with Gasteiger partial charge < -0.3 is 10.9 Å². The first-order valence-electron chi connectivity index (χ1n) is 4.62. The van der Waals surface area contributed by atoms with Gasteiger partial charge in [0.15, 0.2) is 0 Å². The molecule has 1 aliphatic rings. The lowest BCUT2D eigenvalue weighted by Gasteiger charge is -2.20. The summed E-state index contributed by atoms with van der Waals surface area (Å²) in [6.07, 6.45) is -0.0335. The Hall–Kier alpha value is -0.910. The Bertz CT molecular complexity index is 207. The van der Waals surface area contributed by atoms with Crippen molar-refractivity contribution in [1.82, 2.24) is 4.90 Å². The zero-order valence-corrected chi connectivity index (χ0v) is 7.87. The highest BCUT2D eigenvalue weighted by atomic mass is 19.3. The van der Waals surface area contributed by atoms with Crippen molar-refractivity contribution in [1.29, 1.82) is 0 Å². The predicted molar refractivity (Wildman–Crippen MR) is 48.6 cm³/mol. The Morgan fingerprint density at radius 1 is 1.57 bits per heavy atom. The van der Waals surface area contributed by atoms with Crippen LogP contribution in [-0.2, 0) is 0 Å². The maximum absolute atomic E-state index is 12.1. The number of hydrogen-bond donors (Lipinski definition) is 2. The van der Waals surface area contributed by atoms with Crippen LogP contribution in [0.15, 0.2) is 5.16 Å². The van der Waals surface area contributed by atoms with Gasteiger partial charge in [-0.3, -0.25) is 4.90 Å². The molecular weight excluding hydrogens is 192 g/mol. The molecule has 0 bridgehead atoms. The molecule has 0 aromatic heterocycles. The quantitative estimate of drug-likeness (QED) is 0.294. The van der Waals surface area contributed by atoms with E-state index in [0.717, 1.165) is 12.8 Å². The highest BCUT2D eigenvalue weighted by molar-refractivity contribution is 5.79. The lowest BCUT2D eigenvalue weighted by Crippen LogP contribution is -2.34. The van der Waals surface area contributed by atoms with E-state index in [-0.39, 0.29) is 18.4 Å². The van der Waals surface area contributed by atoms with Gasteiger partial charge in [0.25, 0.3) is 6.43 Å². The second-order valence-electron chi connectivity index (χ2n) is 3.46. The molecule has 0 aromatic carbocycles. The van der Waals surface area contributed by atoms with E-state index < -0.39 is 6.43 Å². The van der Waals surface area contributed by atoms with Crippen molar-refractivity contribution in [2.24, 2.45) is 10.9 Å². The molecule has 1 fully saturated rings. The normalized spacial score (nSPS) is 18.1. The third-order valence-corrected chi connectivity index (χ3v) is 2.22. The highest BCUT2D eigenvalue weighted by Gasteiger charge is 2.30. The summed E-state index contributed by atoms with van der Waals surface area (Å²) in [5, 5.41) is 11.1. The maximum atomic E-state index is 12.1. The van der Waals surface area contributed by atoms with Gasteiger partial charge in [-0.1, -0.05) is 5.16 Å². The van der Waals surface area contributed by atoms with Crippen LogP contribution < -0.4 is 5.73 Å². The first-order valence-corrected chi connectivity index (χ1v) is 4.62. The highest BCUT2D eigenvalue weighted by Crippen LogP contribution is 2.27. The van der Waals surface area contributed by atoms with Gasteiger partial charge in [-0.25, -0.2) is 8.78 Å². The summed E-state index contributed by atoms with van der Waals surface area (Å²) in [7, 11) is 0. The number of halogens is 2. The summed E-state index contributed by atoms with van der Waals surface area (Å²) in [4.78, 5) is 1.70. The summed E-state index contributed by atoms with van der Waals surface area (Å²) in [6.45, 7) is 0.217. The molecule has 4 nitrogen and oxygen atoms in total. The summed E-state index contributed by atoms with van der Waals surface area (Å²) >= 11 is 0. The van der Waals surface area contributed by atoms with Gasteiger partial charge in [-0.2, -0.15) is 0 Å². The molecule has 0 atom stereocenters. The summed E-state index contributed by atoms with van der Waals surface area (Å²) < 4.78 is 24.3. The molecule has 3 N–H and O–H groups in total. The zero-order chi connectivity index (χ0) is 10.6. The standard InChI is InChI=1S/C8H15F2N3O/c9-7(10)5-13(6-1-2-6)4-3-8(11)12-14/h6-7,14H,1-5H2,(H2,11,12). The fourth-order valence-corrected chi connectivity index (χ4v) is 1.35. The van der Waals surface area contributed by atoms with E-state index >= 15 is 0 Å². The number of nitrogens with two attached hydrogens (primary N) is 1. The van der Waals surface area contributed by atoms with Crippen molar-refractivity contribution >= 4 is 5.84 Å². The fraction of sp³-hybridized carbons (Fsp3) is 0.875. The first kappa shape index (κ1) is 11.2. The topological polar surface area (TPSA) is 61.8 Å². The summed E-state index contributed by atoms with van der Waals surface area (Å²) in [6, 6.07) is 0.274. The van der Waals surface area contributed by atoms with Crippen molar-refractivity contribution in [3.8, 4) is 0 Å². The fourth-order valence-electron chi connectivity index (χ4n) is 1.35. The Morgan fingerprint density at radius 2 is 2.21 bits per heavy atom. The average molecular weight is 207 g/mol. The Kier molecular flexibility index (Phi) is 4.06. The molecule has 1 rings (SSSR count). The third kappa shape index (κ3) is 3.87. The van der Waals surface area contributed by atoms with Gasteiger partial charge in [0.2, 0.25) is 0 Å². The molecule has 0 heterocycles. The molecule has 0 spiro atoms. The van der Waals surface area contributed by atoms with Crippen molar-refractivity contribution in [3.63, 3.8) is 0 Å². The second kappa shape index (κ2) is 5.09. The number of amidine groups is 1. The van der Waals surface area contributed by atoms with E-state index in [2.05, 4.69) is 5.16 Å². The Morgan fingerprint density at radius 3 is 2.64 bits per heavy atom. The lowest BCUT2D eigenvalue weighted by molar-refractivity contribution is 0.0856. The smallest absolute Gasteiger partial charge is 0.251 e. The van der Waals surface area contributed by atoms with Crippen molar-refractivity contribution < 1.29 is 14.0 Å². The largest absolute Gasteiger partial charge is 0.409 e. The van der Waals surface area contributed by atoms with E-state index in [1.54, 1.807) is 4.90 Å². The molecule has 0 unspecified atom stereocenters. The minimum atomic E-state index is -2.32. The average Bonchev–Trinajstić information content (AvgIpc) is 2.94. The van der Waals surface area contributed by atoms with E-state index in [1.807, 2.05) is 0 Å². The number of alkyl halides is 2. The van der Waals surface area contributed by atoms with Crippen LogP contribution in [0, 0.1) is 0 Å². The molecule has 0 saturated heterocycles. The van der Waals surface area contributed by atoms with Crippen LogP contribution in [0.1, 0.15) is 19.3 Å². The van der Waals surface area contributed by atoms with E-state index in [0.29, 0.717) is 13.0 Å². The first-order chi connectivity index (χ1) is 6.63. The van der Waals surface area contributed by atoms with Crippen molar-refractivity contribution in [2.75, 3.05) is 13.1 Å². The van der Waals surface area contributed by atoms with Crippen LogP contribution in [0.25, 0.3) is 0 Å². The van der Waals surface area contributed by atoms with Crippen LogP contribution >= 0.6 is 0 Å². The minimum absolute atomic E-state index is 0.0879. The predicted octanol–water partition coefficient (Wildman–Crippen LogP) is 0.852. The molecular formula is C8H15F2N3O. The molecule has 0 amide bonds. The van der Waals surface area contributed by atoms with Crippen molar-refractivity contribution in [3.05, 3.63) is 0 Å².